The molecular formula is C22H23N3O3. The first-order valence-electron chi connectivity index (χ1n) is 9.33. The van der Waals surface area contributed by atoms with E-state index in [1.54, 1.807) is 7.11 Å². The topological polar surface area (TPSA) is 80.1 Å². The lowest BCUT2D eigenvalue weighted by molar-refractivity contribution is 0.0890. The van der Waals surface area contributed by atoms with E-state index in [2.05, 4.69) is 15.3 Å². The summed E-state index contributed by atoms with van der Waals surface area (Å²) in [5.41, 5.74) is 3.25. The Bertz CT molecular complexity index is 1090. The van der Waals surface area contributed by atoms with Crippen LogP contribution in [0.4, 0.5) is 0 Å². The molecule has 0 aliphatic rings. The fourth-order valence-corrected chi connectivity index (χ4v) is 3.45. The summed E-state index contributed by atoms with van der Waals surface area (Å²) in [7, 11) is 1.61. The standard InChI is InChI=1S/C22H23N3O3/c1-13(2)19(21-23-16-9-5-6-10-17(16)24-21)25-22(26)20-15(12-27-3)14-8-4-7-11-18(14)28-20/h4-11,13,19H,12H2,1-3H3,(H,23,24)(H,25,26). The maximum absolute atomic E-state index is 13.1. The average molecular weight is 377 g/mol. The number of amides is 1. The number of aromatic amines is 1. The molecule has 1 amide bonds. The molecule has 4 aromatic rings. The predicted octanol–water partition coefficient (Wildman–Crippen LogP) is 4.58. The summed E-state index contributed by atoms with van der Waals surface area (Å²) in [4.78, 5) is 21.1. The highest BCUT2D eigenvalue weighted by Crippen LogP contribution is 2.28. The lowest BCUT2D eigenvalue weighted by Gasteiger charge is -2.20. The number of benzene rings is 2. The van der Waals surface area contributed by atoms with Crippen LogP contribution in [0.1, 0.15) is 41.8 Å². The highest BCUT2D eigenvalue weighted by atomic mass is 16.5. The molecule has 0 spiro atoms. The Morgan fingerprint density at radius 1 is 1.18 bits per heavy atom. The fourth-order valence-electron chi connectivity index (χ4n) is 3.45. The van der Waals surface area contributed by atoms with E-state index in [-0.39, 0.29) is 23.6 Å². The molecular weight excluding hydrogens is 354 g/mol. The summed E-state index contributed by atoms with van der Waals surface area (Å²) in [6.07, 6.45) is 0. The van der Waals surface area contributed by atoms with Crippen LogP contribution in [0.3, 0.4) is 0 Å². The molecule has 0 bridgehead atoms. The van der Waals surface area contributed by atoms with Crippen molar-refractivity contribution in [1.82, 2.24) is 15.3 Å². The Morgan fingerprint density at radius 3 is 2.68 bits per heavy atom. The van der Waals surface area contributed by atoms with Gasteiger partial charge >= 0.3 is 0 Å². The predicted molar refractivity (Wildman–Crippen MR) is 108 cm³/mol. The van der Waals surface area contributed by atoms with Gasteiger partial charge in [-0.2, -0.15) is 0 Å². The number of rotatable bonds is 6. The number of H-pyrrole nitrogens is 1. The molecule has 0 saturated carbocycles. The van der Waals surface area contributed by atoms with E-state index in [1.807, 2.05) is 62.4 Å². The summed E-state index contributed by atoms with van der Waals surface area (Å²) < 4.78 is 11.2. The summed E-state index contributed by atoms with van der Waals surface area (Å²) in [5, 5.41) is 3.98. The van der Waals surface area contributed by atoms with Crippen LogP contribution >= 0.6 is 0 Å². The van der Waals surface area contributed by atoms with E-state index >= 15 is 0 Å². The normalized spacial score (nSPS) is 12.7. The molecule has 2 aromatic carbocycles. The summed E-state index contributed by atoms with van der Waals surface area (Å²) in [5.74, 6) is 0.876. The van der Waals surface area contributed by atoms with E-state index in [1.165, 1.54) is 0 Å². The molecule has 0 fully saturated rings. The largest absolute Gasteiger partial charge is 0.451 e. The minimum absolute atomic E-state index is 0.139. The second-order valence-corrected chi connectivity index (χ2v) is 7.17. The van der Waals surface area contributed by atoms with Crippen LogP contribution in [0.25, 0.3) is 22.0 Å². The molecule has 6 nitrogen and oxygen atoms in total. The smallest absolute Gasteiger partial charge is 0.288 e. The molecule has 0 radical (unpaired) electrons. The van der Waals surface area contributed by atoms with Gasteiger partial charge in [0.2, 0.25) is 0 Å². The molecule has 1 unspecified atom stereocenters. The Morgan fingerprint density at radius 2 is 1.93 bits per heavy atom. The van der Waals surface area contributed by atoms with E-state index in [4.69, 9.17) is 9.15 Å². The number of imidazole rings is 1. The number of aromatic nitrogens is 2. The number of ether oxygens (including phenoxy) is 1. The van der Waals surface area contributed by atoms with Crippen molar-refractivity contribution in [3.63, 3.8) is 0 Å². The van der Waals surface area contributed by atoms with Crippen LogP contribution in [-0.2, 0) is 11.3 Å². The Kier molecular flexibility index (Phi) is 4.88. The number of para-hydroxylation sites is 3. The first kappa shape index (κ1) is 18.3. The van der Waals surface area contributed by atoms with Crippen molar-refractivity contribution in [2.45, 2.75) is 26.5 Å². The molecule has 144 valence electrons. The summed E-state index contributed by atoms with van der Waals surface area (Å²) >= 11 is 0. The molecule has 6 heteroatoms. The lowest BCUT2D eigenvalue weighted by atomic mass is 10.0. The van der Waals surface area contributed by atoms with Gasteiger partial charge in [0.25, 0.3) is 5.91 Å². The second-order valence-electron chi connectivity index (χ2n) is 7.17. The van der Waals surface area contributed by atoms with Crippen molar-refractivity contribution < 1.29 is 13.9 Å². The van der Waals surface area contributed by atoms with Gasteiger partial charge in [-0.1, -0.05) is 44.2 Å². The van der Waals surface area contributed by atoms with Gasteiger partial charge in [-0.15, -0.1) is 0 Å². The zero-order valence-electron chi connectivity index (χ0n) is 16.2. The molecule has 2 heterocycles. The molecule has 0 aliphatic carbocycles. The number of furan rings is 1. The van der Waals surface area contributed by atoms with Gasteiger partial charge in [0.1, 0.15) is 11.4 Å². The molecule has 28 heavy (non-hydrogen) atoms. The van der Waals surface area contributed by atoms with Gasteiger partial charge < -0.3 is 19.5 Å². The highest BCUT2D eigenvalue weighted by molar-refractivity contribution is 5.99. The number of nitrogens with zero attached hydrogens (tertiary/aromatic N) is 1. The second kappa shape index (κ2) is 7.48. The molecule has 2 aromatic heterocycles. The summed E-state index contributed by atoms with van der Waals surface area (Å²) in [6.45, 7) is 4.40. The SMILES string of the molecule is COCc1c(C(=O)NC(c2nc3ccccc3[nH]2)C(C)C)oc2ccccc12. The quantitative estimate of drug-likeness (QED) is 0.515. The number of carbonyl (C=O) groups excluding carboxylic acids is 1. The van der Waals surface area contributed by atoms with Gasteiger partial charge in [-0.25, -0.2) is 4.98 Å². The van der Waals surface area contributed by atoms with Crippen LogP contribution in [0.5, 0.6) is 0 Å². The van der Waals surface area contributed by atoms with Crippen molar-refractivity contribution in [3.05, 3.63) is 65.7 Å². The minimum Gasteiger partial charge on any atom is -0.451 e. The monoisotopic (exact) mass is 377 g/mol. The number of fused-ring (bicyclic) bond motifs is 2. The average Bonchev–Trinajstić information content (AvgIpc) is 3.28. The minimum atomic E-state index is -0.276. The van der Waals surface area contributed by atoms with E-state index in [0.717, 1.165) is 27.8 Å². The third kappa shape index (κ3) is 3.27. The first-order chi connectivity index (χ1) is 13.6. The van der Waals surface area contributed by atoms with Crippen LogP contribution < -0.4 is 5.32 Å². The van der Waals surface area contributed by atoms with E-state index in [0.29, 0.717) is 12.2 Å². The fraction of sp³-hybridized carbons (Fsp3) is 0.273. The number of hydrogen-bond acceptors (Lipinski definition) is 4. The van der Waals surface area contributed by atoms with Crippen molar-refractivity contribution in [3.8, 4) is 0 Å². The van der Waals surface area contributed by atoms with Crippen molar-refractivity contribution >= 4 is 27.9 Å². The molecule has 2 N–H and O–H groups in total. The molecule has 1 atom stereocenters. The van der Waals surface area contributed by atoms with Crippen molar-refractivity contribution in [2.75, 3.05) is 7.11 Å². The van der Waals surface area contributed by atoms with Gasteiger partial charge in [0.05, 0.1) is 23.7 Å². The summed E-state index contributed by atoms with van der Waals surface area (Å²) in [6, 6.07) is 15.1. The third-order valence-corrected chi connectivity index (χ3v) is 4.85. The Labute approximate surface area is 162 Å². The number of carbonyl (C=O) groups is 1. The van der Waals surface area contributed by atoms with Crippen LogP contribution in [0.2, 0.25) is 0 Å². The van der Waals surface area contributed by atoms with Gasteiger partial charge in [0, 0.05) is 18.1 Å². The molecule has 4 rings (SSSR count). The maximum Gasteiger partial charge on any atom is 0.288 e. The van der Waals surface area contributed by atoms with Crippen LogP contribution in [0.15, 0.2) is 52.9 Å². The first-order valence-corrected chi connectivity index (χ1v) is 9.33. The van der Waals surface area contributed by atoms with E-state index in [9.17, 15) is 4.79 Å². The van der Waals surface area contributed by atoms with Crippen LogP contribution in [0, 0.1) is 5.92 Å². The van der Waals surface area contributed by atoms with Gasteiger partial charge in [-0.3, -0.25) is 4.79 Å². The number of hydrogen-bond donors (Lipinski definition) is 2. The van der Waals surface area contributed by atoms with E-state index < -0.39 is 0 Å². The van der Waals surface area contributed by atoms with Crippen LogP contribution in [-0.4, -0.2) is 23.0 Å². The highest BCUT2D eigenvalue weighted by Gasteiger charge is 2.26. The van der Waals surface area contributed by atoms with Crippen molar-refractivity contribution in [1.29, 1.82) is 0 Å². The molecule has 0 aliphatic heterocycles. The number of methoxy groups -OCH3 is 1. The lowest BCUT2D eigenvalue weighted by Crippen LogP contribution is -2.32. The van der Waals surface area contributed by atoms with Gasteiger partial charge in [0.15, 0.2) is 5.76 Å². The maximum atomic E-state index is 13.1. The van der Waals surface area contributed by atoms with Gasteiger partial charge in [-0.05, 0) is 24.1 Å². The zero-order valence-corrected chi connectivity index (χ0v) is 16.2. The molecule has 0 saturated heterocycles. The number of nitrogens with one attached hydrogen (secondary N) is 2. The Balaban J connectivity index is 1.69. The third-order valence-electron chi connectivity index (χ3n) is 4.85. The van der Waals surface area contributed by atoms with Crippen molar-refractivity contribution in [2.24, 2.45) is 5.92 Å². The zero-order chi connectivity index (χ0) is 19.7. The Hall–Kier alpha value is -3.12.